The number of fused-ring (bicyclic) bond motifs is 1. The molecule has 1 atom stereocenters. The number of nitrogens with one attached hydrogen (secondary N) is 1. The molecule has 1 N–H and O–H groups in total. The fraction of sp³-hybridized carbons (Fsp3) is 0.600. The molecule has 2 nitrogen and oxygen atoms in total. The van der Waals surface area contributed by atoms with Crippen LogP contribution in [-0.2, 0) is 17.6 Å². The van der Waals surface area contributed by atoms with Gasteiger partial charge >= 0.3 is 0 Å². The number of methoxy groups -OCH3 is 1. The van der Waals surface area contributed by atoms with Crippen LogP contribution in [0.25, 0.3) is 0 Å². The first-order valence-electron chi connectivity index (χ1n) is 6.68. The highest BCUT2D eigenvalue weighted by Gasteiger charge is 2.19. The fourth-order valence-corrected chi connectivity index (χ4v) is 2.71. The predicted octanol–water partition coefficient (Wildman–Crippen LogP) is 3.26. The maximum Gasteiger partial charge on any atom is 0.0503 e. The van der Waals surface area contributed by atoms with Gasteiger partial charge in [-0.15, -0.1) is 0 Å². The summed E-state index contributed by atoms with van der Waals surface area (Å²) >= 11 is 0. The van der Waals surface area contributed by atoms with Crippen molar-refractivity contribution in [2.75, 3.05) is 25.6 Å². The Bertz CT molecular complexity index is 362. The normalized spacial score (nSPS) is 18.6. The van der Waals surface area contributed by atoms with Gasteiger partial charge in [0.1, 0.15) is 0 Å². The molecule has 2 rings (SSSR count). The van der Waals surface area contributed by atoms with Crippen molar-refractivity contribution in [1.29, 1.82) is 0 Å². The van der Waals surface area contributed by atoms with Crippen molar-refractivity contribution in [2.45, 2.75) is 32.6 Å². The first-order chi connectivity index (χ1) is 8.35. The van der Waals surface area contributed by atoms with E-state index in [1.807, 2.05) is 0 Å². The summed E-state index contributed by atoms with van der Waals surface area (Å²) in [5, 5.41) is 3.62. The summed E-state index contributed by atoms with van der Waals surface area (Å²) in [7, 11) is 1.76. The van der Waals surface area contributed by atoms with Crippen LogP contribution in [0.3, 0.4) is 0 Å². The molecule has 2 heteroatoms. The summed E-state index contributed by atoms with van der Waals surface area (Å²) in [6.45, 7) is 4.20. The third-order valence-corrected chi connectivity index (χ3v) is 3.59. The Labute approximate surface area is 104 Å². The van der Waals surface area contributed by atoms with Gasteiger partial charge in [-0.2, -0.15) is 0 Å². The topological polar surface area (TPSA) is 21.3 Å². The molecule has 0 amide bonds. The van der Waals surface area contributed by atoms with Crippen molar-refractivity contribution in [3.8, 4) is 0 Å². The lowest BCUT2D eigenvalue weighted by Gasteiger charge is -2.27. The van der Waals surface area contributed by atoms with Gasteiger partial charge in [0.25, 0.3) is 0 Å². The molecule has 0 aliphatic carbocycles. The Kier molecular flexibility index (Phi) is 4.43. The molecule has 0 spiro atoms. The largest absolute Gasteiger partial charge is 0.384 e. The SMILES string of the molecule is CCCC1CNc2c(CCOC)cccc2C1. The maximum absolute atomic E-state index is 5.17. The summed E-state index contributed by atoms with van der Waals surface area (Å²) in [4.78, 5) is 0. The van der Waals surface area contributed by atoms with E-state index in [9.17, 15) is 0 Å². The Balaban J connectivity index is 2.11. The van der Waals surface area contributed by atoms with Crippen molar-refractivity contribution in [3.05, 3.63) is 29.3 Å². The molecule has 17 heavy (non-hydrogen) atoms. The first kappa shape index (κ1) is 12.4. The minimum atomic E-state index is 0.802. The van der Waals surface area contributed by atoms with Gasteiger partial charge in [0.15, 0.2) is 0 Å². The smallest absolute Gasteiger partial charge is 0.0503 e. The average Bonchev–Trinajstić information content (AvgIpc) is 2.36. The lowest BCUT2D eigenvalue weighted by molar-refractivity contribution is 0.202. The molecule has 0 saturated carbocycles. The molecule has 0 saturated heterocycles. The van der Waals surface area contributed by atoms with Crippen LogP contribution in [0.5, 0.6) is 0 Å². The molecule has 1 unspecified atom stereocenters. The van der Waals surface area contributed by atoms with Crippen molar-refractivity contribution in [1.82, 2.24) is 0 Å². The summed E-state index contributed by atoms with van der Waals surface area (Å²) in [5.74, 6) is 0.810. The van der Waals surface area contributed by atoms with Crippen molar-refractivity contribution in [3.63, 3.8) is 0 Å². The molecule has 1 aliphatic rings. The standard InChI is InChI=1S/C15H23NO/c1-3-5-12-10-14-7-4-6-13(8-9-17-2)15(14)16-11-12/h4,6-7,12,16H,3,5,8-11H2,1-2H3. The second kappa shape index (κ2) is 6.06. The highest BCUT2D eigenvalue weighted by Crippen LogP contribution is 2.30. The molecule has 1 aliphatic heterocycles. The number of anilines is 1. The third kappa shape index (κ3) is 3.01. The second-order valence-electron chi connectivity index (χ2n) is 4.93. The van der Waals surface area contributed by atoms with E-state index in [0.29, 0.717) is 0 Å². The molecule has 1 aromatic carbocycles. The Morgan fingerprint density at radius 3 is 3.06 bits per heavy atom. The van der Waals surface area contributed by atoms with Crippen LogP contribution >= 0.6 is 0 Å². The summed E-state index contributed by atoms with van der Waals surface area (Å²) in [5.41, 5.74) is 4.26. The van der Waals surface area contributed by atoms with Gasteiger partial charge in [0.2, 0.25) is 0 Å². The quantitative estimate of drug-likeness (QED) is 0.843. The number of hydrogen-bond acceptors (Lipinski definition) is 2. The van der Waals surface area contributed by atoms with E-state index in [0.717, 1.165) is 25.5 Å². The van der Waals surface area contributed by atoms with Crippen LogP contribution < -0.4 is 5.32 Å². The van der Waals surface area contributed by atoms with Crippen LogP contribution in [0.1, 0.15) is 30.9 Å². The number of para-hydroxylation sites is 1. The number of hydrogen-bond donors (Lipinski definition) is 1. The van der Waals surface area contributed by atoms with Crippen LogP contribution in [0.4, 0.5) is 5.69 Å². The summed E-state index contributed by atoms with van der Waals surface area (Å²) in [6, 6.07) is 6.66. The summed E-state index contributed by atoms with van der Waals surface area (Å²) < 4.78 is 5.17. The Hall–Kier alpha value is -1.02. The van der Waals surface area contributed by atoms with E-state index in [2.05, 4.69) is 30.4 Å². The van der Waals surface area contributed by atoms with Crippen LogP contribution in [0.15, 0.2) is 18.2 Å². The number of rotatable bonds is 5. The van der Waals surface area contributed by atoms with Crippen molar-refractivity contribution in [2.24, 2.45) is 5.92 Å². The van der Waals surface area contributed by atoms with Gasteiger partial charge < -0.3 is 10.1 Å². The minimum Gasteiger partial charge on any atom is -0.384 e. The van der Waals surface area contributed by atoms with E-state index in [1.54, 1.807) is 7.11 Å². The van der Waals surface area contributed by atoms with Crippen molar-refractivity contribution >= 4 is 5.69 Å². The van der Waals surface area contributed by atoms with Crippen LogP contribution in [0, 0.1) is 5.92 Å². The molecule has 1 aromatic rings. The minimum absolute atomic E-state index is 0.802. The fourth-order valence-electron chi connectivity index (χ4n) is 2.71. The van der Waals surface area contributed by atoms with Gasteiger partial charge in [-0.25, -0.2) is 0 Å². The molecule has 0 fully saturated rings. The predicted molar refractivity (Wildman–Crippen MR) is 72.6 cm³/mol. The molecule has 94 valence electrons. The zero-order chi connectivity index (χ0) is 12.1. The molecular weight excluding hydrogens is 210 g/mol. The highest BCUT2D eigenvalue weighted by molar-refractivity contribution is 5.59. The lowest BCUT2D eigenvalue weighted by Crippen LogP contribution is -2.24. The van der Waals surface area contributed by atoms with Gasteiger partial charge in [-0.1, -0.05) is 31.5 Å². The molecule has 0 radical (unpaired) electrons. The average molecular weight is 233 g/mol. The Morgan fingerprint density at radius 2 is 2.29 bits per heavy atom. The van der Waals surface area contributed by atoms with E-state index >= 15 is 0 Å². The summed E-state index contributed by atoms with van der Waals surface area (Å²) in [6.07, 6.45) is 4.85. The highest BCUT2D eigenvalue weighted by atomic mass is 16.5. The van der Waals surface area contributed by atoms with Crippen molar-refractivity contribution < 1.29 is 4.74 Å². The second-order valence-corrected chi connectivity index (χ2v) is 4.93. The molecule has 0 aromatic heterocycles. The first-order valence-corrected chi connectivity index (χ1v) is 6.68. The van der Waals surface area contributed by atoms with Gasteiger partial charge in [0, 0.05) is 19.3 Å². The van der Waals surface area contributed by atoms with Gasteiger partial charge in [0.05, 0.1) is 6.61 Å². The molecular formula is C15H23NO. The molecule has 0 bridgehead atoms. The third-order valence-electron chi connectivity index (χ3n) is 3.59. The van der Waals surface area contributed by atoms with Crippen LogP contribution in [-0.4, -0.2) is 20.3 Å². The van der Waals surface area contributed by atoms with E-state index in [4.69, 9.17) is 4.74 Å². The number of benzene rings is 1. The molecule has 1 heterocycles. The zero-order valence-electron chi connectivity index (χ0n) is 11.0. The maximum atomic E-state index is 5.17. The van der Waals surface area contributed by atoms with Gasteiger partial charge in [-0.05, 0) is 36.3 Å². The van der Waals surface area contributed by atoms with E-state index in [1.165, 1.54) is 36.1 Å². The lowest BCUT2D eigenvalue weighted by atomic mass is 9.89. The zero-order valence-corrected chi connectivity index (χ0v) is 11.0. The van der Waals surface area contributed by atoms with E-state index in [-0.39, 0.29) is 0 Å². The monoisotopic (exact) mass is 233 g/mol. The van der Waals surface area contributed by atoms with Gasteiger partial charge in [-0.3, -0.25) is 0 Å². The number of ether oxygens (including phenoxy) is 1. The van der Waals surface area contributed by atoms with E-state index < -0.39 is 0 Å². The Morgan fingerprint density at radius 1 is 1.41 bits per heavy atom. The van der Waals surface area contributed by atoms with Crippen LogP contribution in [0.2, 0.25) is 0 Å².